The van der Waals surface area contributed by atoms with Crippen LogP contribution >= 0.6 is 0 Å². The van der Waals surface area contributed by atoms with Crippen LogP contribution in [0.5, 0.6) is 0 Å². The maximum Gasteiger partial charge on any atom is 0.319 e. The van der Waals surface area contributed by atoms with Crippen molar-refractivity contribution in [2.24, 2.45) is 0 Å². The number of rotatable bonds is 4. The van der Waals surface area contributed by atoms with E-state index in [-0.39, 0.29) is 24.5 Å². The topological polar surface area (TPSA) is 70.6 Å². The van der Waals surface area contributed by atoms with Gasteiger partial charge in [0.25, 0.3) is 0 Å². The Balaban J connectivity index is 1.71. The van der Waals surface area contributed by atoms with Crippen molar-refractivity contribution in [2.45, 2.75) is 12.0 Å². The number of urea groups is 1. The van der Waals surface area contributed by atoms with Crippen molar-refractivity contribution in [3.8, 4) is 11.1 Å². The standard InChI is InChI=1S/C18H18F2N2O3/c19-13-3-1-2-12(8-13)15-5-4-14(9-16(15)20)21-17(24)22-18(10-23)6-7-25-11-18/h1-5,8-9,23H,6-7,10-11H2,(H2,21,22,24)/t18-/m1/s1. The Labute approximate surface area is 143 Å². The molecular formula is C18H18F2N2O3. The van der Waals surface area contributed by atoms with Crippen molar-refractivity contribution < 1.29 is 23.4 Å². The lowest BCUT2D eigenvalue weighted by molar-refractivity contribution is 0.126. The zero-order valence-corrected chi connectivity index (χ0v) is 13.4. The summed E-state index contributed by atoms with van der Waals surface area (Å²) >= 11 is 0. The highest BCUT2D eigenvalue weighted by molar-refractivity contribution is 5.90. The summed E-state index contributed by atoms with van der Waals surface area (Å²) in [5.41, 5.74) is 0.0870. The zero-order chi connectivity index (χ0) is 17.9. The molecule has 3 rings (SSSR count). The van der Waals surface area contributed by atoms with Gasteiger partial charge in [-0.25, -0.2) is 13.6 Å². The Morgan fingerprint density at radius 2 is 2.08 bits per heavy atom. The third-order valence-electron chi connectivity index (χ3n) is 4.15. The fourth-order valence-corrected chi connectivity index (χ4v) is 2.76. The molecule has 0 unspecified atom stereocenters. The van der Waals surface area contributed by atoms with Gasteiger partial charge in [-0.3, -0.25) is 0 Å². The van der Waals surface area contributed by atoms with E-state index in [1.54, 1.807) is 6.07 Å². The van der Waals surface area contributed by atoms with Crippen molar-refractivity contribution >= 4 is 11.7 Å². The van der Waals surface area contributed by atoms with E-state index in [0.717, 1.165) is 6.07 Å². The van der Waals surface area contributed by atoms with Crippen LogP contribution in [0.1, 0.15) is 6.42 Å². The van der Waals surface area contributed by atoms with E-state index in [9.17, 15) is 18.7 Å². The highest BCUT2D eigenvalue weighted by Gasteiger charge is 2.35. The van der Waals surface area contributed by atoms with E-state index >= 15 is 0 Å². The minimum absolute atomic E-state index is 0.226. The van der Waals surface area contributed by atoms with Crippen molar-refractivity contribution in [3.05, 3.63) is 54.1 Å². The number of carbonyl (C=O) groups is 1. The van der Waals surface area contributed by atoms with Gasteiger partial charge in [-0.2, -0.15) is 0 Å². The Bertz CT molecular complexity index is 777. The lowest BCUT2D eigenvalue weighted by Crippen LogP contribution is -2.53. The molecular weight excluding hydrogens is 330 g/mol. The molecule has 1 atom stereocenters. The molecule has 1 aliphatic rings. The van der Waals surface area contributed by atoms with Crippen molar-refractivity contribution in [1.29, 1.82) is 0 Å². The summed E-state index contributed by atoms with van der Waals surface area (Å²) in [5, 5.41) is 14.6. The Hall–Kier alpha value is -2.51. The maximum absolute atomic E-state index is 14.3. The minimum atomic E-state index is -0.815. The highest BCUT2D eigenvalue weighted by atomic mass is 19.1. The number of aliphatic hydroxyl groups is 1. The molecule has 2 amide bonds. The second-order valence-electron chi connectivity index (χ2n) is 6.03. The summed E-state index contributed by atoms with van der Waals surface area (Å²) < 4.78 is 32.8. The lowest BCUT2D eigenvalue weighted by Gasteiger charge is -2.26. The van der Waals surface area contributed by atoms with E-state index in [1.807, 2.05) is 0 Å². The molecule has 0 bridgehead atoms. The van der Waals surface area contributed by atoms with Crippen LogP contribution in [0.4, 0.5) is 19.3 Å². The molecule has 132 valence electrons. The SMILES string of the molecule is O=C(Nc1ccc(-c2cccc(F)c2)c(F)c1)N[C@@]1(CO)CCOC1. The Morgan fingerprint density at radius 1 is 1.24 bits per heavy atom. The summed E-state index contributed by atoms with van der Waals surface area (Å²) in [6.45, 7) is 0.439. The van der Waals surface area contributed by atoms with Gasteiger partial charge in [0.1, 0.15) is 11.6 Å². The average Bonchev–Trinajstić information content (AvgIpc) is 3.04. The molecule has 3 N–H and O–H groups in total. The summed E-state index contributed by atoms with van der Waals surface area (Å²) in [4.78, 5) is 12.1. The van der Waals surface area contributed by atoms with E-state index in [4.69, 9.17) is 4.74 Å². The molecule has 25 heavy (non-hydrogen) atoms. The quantitative estimate of drug-likeness (QED) is 0.796. The molecule has 1 aliphatic heterocycles. The van der Waals surface area contributed by atoms with Crippen LogP contribution in [-0.2, 0) is 4.74 Å². The van der Waals surface area contributed by atoms with Crippen LogP contribution in [0.25, 0.3) is 11.1 Å². The summed E-state index contributed by atoms with van der Waals surface area (Å²) in [7, 11) is 0. The molecule has 1 fully saturated rings. The number of ether oxygens (including phenoxy) is 1. The third-order valence-corrected chi connectivity index (χ3v) is 4.15. The molecule has 2 aromatic rings. The number of nitrogens with one attached hydrogen (secondary N) is 2. The number of amides is 2. The lowest BCUT2D eigenvalue weighted by atomic mass is 10.0. The van der Waals surface area contributed by atoms with Gasteiger partial charge in [-0.15, -0.1) is 0 Å². The second-order valence-corrected chi connectivity index (χ2v) is 6.03. The maximum atomic E-state index is 14.3. The first-order valence-corrected chi connectivity index (χ1v) is 7.85. The van der Waals surface area contributed by atoms with Crippen LogP contribution in [0.2, 0.25) is 0 Å². The smallest absolute Gasteiger partial charge is 0.319 e. The Morgan fingerprint density at radius 3 is 2.72 bits per heavy atom. The molecule has 2 aromatic carbocycles. The molecule has 7 heteroatoms. The van der Waals surface area contributed by atoms with Crippen LogP contribution in [0.3, 0.4) is 0 Å². The number of anilines is 1. The molecule has 0 radical (unpaired) electrons. The number of aliphatic hydroxyl groups excluding tert-OH is 1. The van der Waals surface area contributed by atoms with Crippen LogP contribution in [0.15, 0.2) is 42.5 Å². The van der Waals surface area contributed by atoms with Gasteiger partial charge in [0.05, 0.1) is 18.8 Å². The van der Waals surface area contributed by atoms with E-state index < -0.39 is 23.2 Å². The largest absolute Gasteiger partial charge is 0.394 e. The van der Waals surface area contributed by atoms with Crippen LogP contribution < -0.4 is 10.6 Å². The first-order chi connectivity index (χ1) is 12.0. The fourth-order valence-electron chi connectivity index (χ4n) is 2.76. The third kappa shape index (κ3) is 3.94. The molecule has 0 aliphatic carbocycles. The van der Waals surface area contributed by atoms with E-state index in [2.05, 4.69) is 10.6 Å². The fraction of sp³-hybridized carbons (Fsp3) is 0.278. The van der Waals surface area contributed by atoms with Gasteiger partial charge in [0.15, 0.2) is 0 Å². The van der Waals surface area contributed by atoms with Gasteiger partial charge in [-0.1, -0.05) is 12.1 Å². The summed E-state index contributed by atoms with van der Waals surface area (Å²) in [6.07, 6.45) is 0.504. The first-order valence-electron chi connectivity index (χ1n) is 7.85. The molecule has 0 saturated carbocycles. The Kier molecular flexibility index (Phi) is 4.96. The second kappa shape index (κ2) is 7.16. The number of halogens is 2. The molecule has 0 spiro atoms. The highest BCUT2D eigenvalue weighted by Crippen LogP contribution is 2.26. The van der Waals surface area contributed by atoms with Gasteiger partial charge >= 0.3 is 6.03 Å². The van der Waals surface area contributed by atoms with Crippen molar-refractivity contribution in [2.75, 3.05) is 25.1 Å². The molecule has 5 nitrogen and oxygen atoms in total. The predicted molar refractivity (Wildman–Crippen MR) is 89.2 cm³/mol. The number of hydrogen-bond donors (Lipinski definition) is 3. The monoisotopic (exact) mass is 348 g/mol. The number of hydrogen-bond acceptors (Lipinski definition) is 3. The summed E-state index contributed by atoms with van der Waals surface area (Å²) in [5.74, 6) is -1.03. The zero-order valence-electron chi connectivity index (χ0n) is 13.4. The first kappa shape index (κ1) is 17.3. The van der Waals surface area contributed by atoms with Crippen LogP contribution in [0, 0.1) is 11.6 Å². The number of carbonyl (C=O) groups excluding carboxylic acids is 1. The molecule has 1 saturated heterocycles. The summed E-state index contributed by atoms with van der Waals surface area (Å²) in [6, 6.07) is 9.23. The normalized spacial score (nSPS) is 19.6. The minimum Gasteiger partial charge on any atom is -0.394 e. The van der Waals surface area contributed by atoms with Crippen LogP contribution in [-0.4, -0.2) is 36.5 Å². The number of benzene rings is 2. The van der Waals surface area contributed by atoms with Crippen molar-refractivity contribution in [1.82, 2.24) is 5.32 Å². The van der Waals surface area contributed by atoms with E-state index in [0.29, 0.717) is 18.6 Å². The predicted octanol–water partition coefficient (Wildman–Crippen LogP) is 2.90. The van der Waals surface area contributed by atoms with Gasteiger partial charge < -0.3 is 20.5 Å². The van der Waals surface area contributed by atoms with Gasteiger partial charge in [-0.05, 0) is 42.3 Å². The van der Waals surface area contributed by atoms with Gasteiger partial charge in [0, 0.05) is 17.9 Å². The molecule has 0 aromatic heterocycles. The molecule has 1 heterocycles. The van der Waals surface area contributed by atoms with Crippen molar-refractivity contribution in [3.63, 3.8) is 0 Å². The van der Waals surface area contributed by atoms with Gasteiger partial charge in [0.2, 0.25) is 0 Å². The van der Waals surface area contributed by atoms with E-state index in [1.165, 1.54) is 30.3 Å². The average molecular weight is 348 g/mol.